The van der Waals surface area contributed by atoms with Crippen molar-refractivity contribution in [3.8, 4) is 17.0 Å². The quantitative estimate of drug-likeness (QED) is 0.614. The third-order valence-electron chi connectivity index (χ3n) is 4.01. The van der Waals surface area contributed by atoms with E-state index >= 15 is 0 Å². The zero-order valence-corrected chi connectivity index (χ0v) is 15.2. The second-order valence-corrected chi connectivity index (χ2v) is 6.00. The van der Waals surface area contributed by atoms with Crippen LogP contribution in [0.3, 0.4) is 0 Å². The summed E-state index contributed by atoms with van der Waals surface area (Å²) in [5, 5.41) is 6.94. The van der Waals surface area contributed by atoms with Gasteiger partial charge in [0, 0.05) is 23.7 Å². The van der Waals surface area contributed by atoms with E-state index < -0.39 is 18.0 Å². The summed E-state index contributed by atoms with van der Waals surface area (Å²) in [4.78, 5) is 23.2. The first-order valence-corrected chi connectivity index (χ1v) is 8.59. The summed E-state index contributed by atoms with van der Waals surface area (Å²) in [6.07, 6.45) is -4.05. The van der Waals surface area contributed by atoms with Gasteiger partial charge in [-0.05, 0) is 36.8 Å². The van der Waals surface area contributed by atoms with E-state index in [4.69, 9.17) is 0 Å². The van der Waals surface area contributed by atoms with Crippen molar-refractivity contribution in [2.75, 3.05) is 5.32 Å². The van der Waals surface area contributed by atoms with Crippen LogP contribution in [0.5, 0.6) is 5.75 Å². The molecule has 0 bridgehead atoms. The molecule has 29 heavy (non-hydrogen) atoms. The Morgan fingerprint density at radius 3 is 2.34 bits per heavy atom. The second kappa shape index (κ2) is 8.17. The molecule has 150 valence electrons. The molecule has 0 saturated carbocycles. The van der Waals surface area contributed by atoms with E-state index in [0.29, 0.717) is 17.9 Å². The van der Waals surface area contributed by atoms with Gasteiger partial charge in [0.2, 0.25) is 0 Å². The van der Waals surface area contributed by atoms with Gasteiger partial charge in [0.25, 0.3) is 5.91 Å². The average molecular weight is 403 g/mol. The average Bonchev–Trinajstić information content (AvgIpc) is 3.10. The fourth-order valence-corrected chi connectivity index (χ4v) is 2.68. The topological polar surface area (TPSA) is 73.2 Å². The predicted molar refractivity (Wildman–Crippen MR) is 99.8 cm³/mol. The van der Waals surface area contributed by atoms with Crippen molar-refractivity contribution in [3.63, 3.8) is 0 Å². The normalized spacial score (nSPS) is 11.2. The molecule has 0 unspecified atom stereocenters. The first-order chi connectivity index (χ1) is 13.8. The molecule has 0 aliphatic heterocycles. The number of nitrogens with one attached hydrogen (secondary N) is 1. The number of carbonyl (C=O) groups excluding carboxylic acids is 2. The van der Waals surface area contributed by atoms with Crippen LogP contribution in [0.25, 0.3) is 11.3 Å². The fourth-order valence-electron chi connectivity index (χ4n) is 2.68. The SMILES string of the molecule is CCn1nc(NC(=O)c2ccc(OC(F)(F)F)cc2)cc1-c1ccc(C=O)cc1. The lowest BCUT2D eigenvalue weighted by Crippen LogP contribution is -2.17. The van der Waals surface area contributed by atoms with Gasteiger partial charge in [-0.2, -0.15) is 5.10 Å². The number of aldehydes is 1. The van der Waals surface area contributed by atoms with Gasteiger partial charge in [-0.15, -0.1) is 13.2 Å². The minimum Gasteiger partial charge on any atom is -0.406 e. The predicted octanol–water partition coefficient (Wildman–Crippen LogP) is 4.53. The van der Waals surface area contributed by atoms with Crippen LogP contribution >= 0.6 is 0 Å². The summed E-state index contributed by atoms with van der Waals surface area (Å²) in [5.74, 6) is -0.639. The number of hydrogen-bond donors (Lipinski definition) is 1. The zero-order chi connectivity index (χ0) is 21.0. The Morgan fingerprint density at radius 2 is 1.79 bits per heavy atom. The van der Waals surface area contributed by atoms with Gasteiger partial charge in [-0.25, -0.2) is 0 Å². The third kappa shape index (κ3) is 5.01. The van der Waals surface area contributed by atoms with Crippen molar-refractivity contribution in [2.45, 2.75) is 19.8 Å². The molecule has 0 radical (unpaired) electrons. The highest BCUT2D eigenvalue weighted by atomic mass is 19.4. The van der Waals surface area contributed by atoms with Crippen LogP contribution in [-0.4, -0.2) is 28.3 Å². The van der Waals surface area contributed by atoms with Crippen LogP contribution in [0.2, 0.25) is 0 Å². The maximum absolute atomic E-state index is 12.4. The zero-order valence-electron chi connectivity index (χ0n) is 15.2. The van der Waals surface area contributed by atoms with Gasteiger partial charge < -0.3 is 10.1 Å². The molecule has 1 heterocycles. The van der Waals surface area contributed by atoms with Crippen LogP contribution in [-0.2, 0) is 6.54 Å². The van der Waals surface area contributed by atoms with Crippen molar-refractivity contribution < 1.29 is 27.5 Å². The highest BCUT2D eigenvalue weighted by molar-refractivity contribution is 6.04. The number of aromatic nitrogens is 2. The number of aryl methyl sites for hydroxylation is 1. The summed E-state index contributed by atoms with van der Waals surface area (Å²) in [7, 11) is 0. The van der Waals surface area contributed by atoms with Gasteiger partial charge >= 0.3 is 6.36 Å². The van der Waals surface area contributed by atoms with Gasteiger partial charge in [-0.3, -0.25) is 14.3 Å². The van der Waals surface area contributed by atoms with E-state index in [1.54, 1.807) is 35.0 Å². The molecule has 0 spiro atoms. The molecule has 2 aromatic carbocycles. The molecule has 1 N–H and O–H groups in total. The fraction of sp³-hybridized carbons (Fsp3) is 0.150. The third-order valence-corrected chi connectivity index (χ3v) is 4.01. The summed E-state index contributed by atoms with van der Waals surface area (Å²) in [6.45, 7) is 2.44. The monoisotopic (exact) mass is 403 g/mol. The van der Waals surface area contributed by atoms with E-state index in [9.17, 15) is 22.8 Å². The molecule has 0 saturated heterocycles. The highest BCUT2D eigenvalue weighted by Crippen LogP contribution is 2.25. The summed E-state index contributed by atoms with van der Waals surface area (Å²) in [6, 6.07) is 13.2. The maximum Gasteiger partial charge on any atom is 0.573 e. The number of benzene rings is 2. The van der Waals surface area contributed by atoms with Gasteiger partial charge in [0.1, 0.15) is 12.0 Å². The number of alkyl halides is 3. The number of rotatable bonds is 6. The maximum atomic E-state index is 12.4. The second-order valence-electron chi connectivity index (χ2n) is 6.00. The smallest absolute Gasteiger partial charge is 0.406 e. The number of nitrogens with zero attached hydrogens (tertiary/aromatic N) is 2. The lowest BCUT2D eigenvalue weighted by molar-refractivity contribution is -0.274. The molecular weight excluding hydrogens is 387 g/mol. The molecule has 0 aliphatic carbocycles. The Hall–Kier alpha value is -3.62. The van der Waals surface area contributed by atoms with Crippen LogP contribution in [0.1, 0.15) is 27.6 Å². The Morgan fingerprint density at radius 1 is 1.14 bits per heavy atom. The van der Waals surface area contributed by atoms with E-state index in [-0.39, 0.29) is 5.56 Å². The van der Waals surface area contributed by atoms with Gasteiger partial charge in [0.15, 0.2) is 5.82 Å². The van der Waals surface area contributed by atoms with E-state index in [1.807, 2.05) is 6.92 Å². The van der Waals surface area contributed by atoms with Crippen molar-refractivity contribution in [2.24, 2.45) is 0 Å². The Balaban J connectivity index is 1.76. The van der Waals surface area contributed by atoms with Crippen molar-refractivity contribution in [3.05, 3.63) is 65.7 Å². The first-order valence-electron chi connectivity index (χ1n) is 8.59. The number of amides is 1. The Kier molecular flexibility index (Phi) is 5.67. The molecular formula is C20H16F3N3O3. The van der Waals surface area contributed by atoms with E-state index in [1.165, 1.54) is 12.1 Å². The summed E-state index contributed by atoms with van der Waals surface area (Å²) < 4.78 is 42.1. The van der Waals surface area contributed by atoms with Gasteiger partial charge in [-0.1, -0.05) is 24.3 Å². The van der Waals surface area contributed by atoms with Crippen molar-refractivity contribution in [1.82, 2.24) is 9.78 Å². The lowest BCUT2D eigenvalue weighted by Gasteiger charge is -2.09. The molecule has 9 heteroatoms. The summed E-state index contributed by atoms with van der Waals surface area (Å²) >= 11 is 0. The summed E-state index contributed by atoms with van der Waals surface area (Å²) in [5.41, 5.74) is 2.26. The molecule has 0 atom stereocenters. The largest absolute Gasteiger partial charge is 0.573 e. The number of halogens is 3. The van der Waals surface area contributed by atoms with Crippen molar-refractivity contribution in [1.29, 1.82) is 0 Å². The number of carbonyl (C=O) groups is 2. The number of ether oxygens (including phenoxy) is 1. The number of hydrogen-bond acceptors (Lipinski definition) is 4. The standard InChI is InChI=1S/C20H16F3N3O3/c1-2-26-17(14-5-3-13(12-27)4-6-14)11-18(25-26)24-19(28)15-7-9-16(10-8-15)29-20(21,22)23/h3-12H,2H2,1H3,(H,24,25,28). The van der Waals surface area contributed by atoms with Crippen LogP contribution < -0.4 is 10.1 Å². The number of anilines is 1. The molecule has 6 nitrogen and oxygen atoms in total. The van der Waals surface area contributed by atoms with Crippen molar-refractivity contribution >= 4 is 18.0 Å². The van der Waals surface area contributed by atoms with Crippen LogP contribution in [0, 0.1) is 0 Å². The Bertz CT molecular complexity index is 1010. The molecule has 3 aromatic rings. The minimum atomic E-state index is -4.79. The molecule has 3 rings (SSSR count). The van der Waals surface area contributed by atoms with Crippen LogP contribution in [0.15, 0.2) is 54.6 Å². The van der Waals surface area contributed by atoms with Gasteiger partial charge in [0.05, 0.1) is 5.69 Å². The molecule has 0 fully saturated rings. The molecule has 1 aromatic heterocycles. The minimum absolute atomic E-state index is 0.155. The first kappa shape index (κ1) is 20.1. The molecule has 1 amide bonds. The highest BCUT2D eigenvalue weighted by Gasteiger charge is 2.31. The van der Waals surface area contributed by atoms with E-state index in [0.717, 1.165) is 29.7 Å². The lowest BCUT2D eigenvalue weighted by atomic mass is 10.1. The molecule has 0 aliphatic rings. The van der Waals surface area contributed by atoms with Crippen LogP contribution in [0.4, 0.5) is 19.0 Å². The van der Waals surface area contributed by atoms with E-state index in [2.05, 4.69) is 15.2 Å². The Labute approximate surface area is 163 Å².